The van der Waals surface area contributed by atoms with Gasteiger partial charge in [-0.3, -0.25) is 0 Å². The van der Waals surface area contributed by atoms with Crippen molar-refractivity contribution in [1.29, 1.82) is 0 Å². The van der Waals surface area contributed by atoms with Gasteiger partial charge in [0, 0.05) is 12.1 Å². The van der Waals surface area contributed by atoms with Gasteiger partial charge in [-0.1, -0.05) is 0 Å². The van der Waals surface area contributed by atoms with Crippen molar-refractivity contribution in [3.63, 3.8) is 0 Å². The van der Waals surface area contributed by atoms with Crippen LogP contribution in [-0.4, -0.2) is 24.6 Å². The molecule has 2 aromatic rings. The van der Waals surface area contributed by atoms with Gasteiger partial charge in [0.2, 0.25) is 5.16 Å². The van der Waals surface area contributed by atoms with E-state index in [0.717, 1.165) is 12.1 Å². The van der Waals surface area contributed by atoms with E-state index in [-0.39, 0.29) is 16.2 Å². The van der Waals surface area contributed by atoms with Crippen LogP contribution in [0, 0.1) is 11.6 Å². The minimum atomic E-state index is -3.50. The summed E-state index contributed by atoms with van der Waals surface area (Å²) in [5, 5.41) is -0.303. The summed E-state index contributed by atoms with van der Waals surface area (Å²) in [6.07, 6.45) is 0. The third kappa shape index (κ3) is 1.71. The molecule has 0 aliphatic heterocycles. The normalized spacial score (nSPS) is 15.4. The average molecular weight is 232 g/mol. The van der Waals surface area contributed by atoms with Crippen LogP contribution in [0.1, 0.15) is 0 Å². The van der Waals surface area contributed by atoms with Crippen LogP contribution in [-0.2, 0) is 9.80 Å². The van der Waals surface area contributed by atoms with Crippen molar-refractivity contribution in [2.75, 3.05) is 0 Å². The Kier molecular flexibility index (Phi) is 2.02. The summed E-state index contributed by atoms with van der Waals surface area (Å²) < 4.78 is 45.7. The number of hydrogen-bond acceptors (Lipinski definition) is 2. The molecule has 15 heavy (non-hydrogen) atoms. The predicted molar refractivity (Wildman–Crippen MR) is 52.2 cm³/mol. The maximum Gasteiger partial charge on any atom is 0.214 e. The number of nitrogens with one attached hydrogen (secondary N) is 1. The molecule has 2 rings (SSSR count). The maximum atomic E-state index is 12.8. The number of imidazole rings is 1. The SMILES string of the molecule is C=S(=O)(O)c1nc2cc(F)c(F)cc2[nH]1. The van der Waals surface area contributed by atoms with E-state index in [0.29, 0.717) is 0 Å². The van der Waals surface area contributed by atoms with Gasteiger partial charge in [-0.25, -0.2) is 18.0 Å². The molecule has 0 amide bonds. The smallest absolute Gasteiger partial charge is 0.214 e. The Labute approximate surface area is 83.8 Å². The first-order chi connectivity index (χ1) is 6.88. The number of fused-ring (bicyclic) bond motifs is 1. The van der Waals surface area contributed by atoms with E-state index >= 15 is 0 Å². The lowest BCUT2D eigenvalue weighted by Gasteiger charge is -1.92. The molecule has 0 radical (unpaired) electrons. The minimum absolute atomic E-state index is 0.0781. The summed E-state index contributed by atoms with van der Waals surface area (Å²) in [6.45, 7) is 0. The number of halogens is 2. The largest absolute Gasteiger partial charge is 0.329 e. The maximum absolute atomic E-state index is 12.8. The van der Waals surface area contributed by atoms with Crippen LogP contribution in [0.2, 0.25) is 0 Å². The number of benzene rings is 1. The zero-order valence-corrected chi connectivity index (χ0v) is 8.15. The zero-order valence-electron chi connectivity index (χ0n) is 7.33. The molecule has 1 unspecified atom stereocenters. The molecule has 0 bridgehead atoms. The number of aromatic nitrogens is 2. The van der Waals surface area contributed by atoms with E-state index in [2.05, 4.69) is 15.8 Å². The van der Waals surface area contributed by atoms with E-state index in [9.17, 15) is 13.0 Å². The Hall–Kier alpha value is -1.47. The van der Waals surface area contributed by atoms with E-state index in [1.165, 1.54) is 0 Å². The van der Waals surface area contributed by atoms with Gasteiger partial charge in [-0.2, -0.15) is 0 Å². The monoisotopic (exact) mass is 232 g/mol. The molecule has 2 N–H and O–H groups in total. The quantitative estimate of drug-likeness (QED) is 0.730. The van der Waals surface area contributed by atoms with Gasteiger partial charge in [0.05, 0.1) is 11.0 Å². The zero-order chi connectivity index (χ0) is 11.2. The van der Waals surface area contributed by atoms with Crippen molar-refractivity contribution in [2.45, 2.75) is 5.16 Å². The van der Waals surface area contributed by atoms with Gasteiger partial charge < -0.3 is 9.54 Å². The summed E-state index contributed by atoms with van der Waals surface area (Å²) >= 11 is 0. The molecular formula is C8H6F2N2O2S. The van der Waals surface area contributed by atoms with Crippen LogP contribution in [0.25, 0.3) is 11.0 Å². The van der Waals surface area contributed by atoms with Crippen molar-refractivity contribution in [3.05, 3.63) is 23.8 Å². The van der Waals surface area contributed by atoms with Crippen LogP contribution in [0.4, 0.5) is 8.78 Å². The van der Waals surface area contributed by atoms with Crippen LogP contribution in [0.3, 0.4) is 0 Å². The summed E-state index contributed by atoms with van der Waals surface area (Å²) in [5.41, 5.74) is 0.226. The highest BCUT2D eigenvalue weighted by Crippen LogP contribution is 2.17. The fourth-order valence-corrected chi connectivity index (χ4v) is 1.64. The highest BCUT2D eigenvalue weighted by atomic mass is 32.2. The van der Waals surface area contributed by atoms with Crippen LogP contribution in [0.15, 0.2) is 17.3 Å². The molecule has 1 heterocycles. The van der Waals surface area contributed by atoms with Crippen LogP contribution < -0.4 is 0 Å². The standard InChI is InChI=1S/C8H6F2N2O2S/c1-15(13,14)8-11-6-2-4(9)5(10)3-7(6)12-8/h2-3H,1H2,(H,11,12)(H,13,14). The van der Waals surface area contributed by atoms with Crippen LogP contribution in [0.5, 0.6) is 0 Å². The molecule has 4 nitrogen and oxygen atoms in total. The molecule has 0 spiro atoms. The molecule has 80 valence electrons. The summed E-state index contributed by atoms with van der Waals surface area (Å²) in [5.74, 6) is 0.872. The van der Waals surface area contributed by atoms with Gasteiger partial charge >= 0.3 is 0 Å². The first-order valence-electron chi connectivity index (χ1n) is 3.82. The van der Waals surface area contributed by atoms with Gasteiger partial charge in [-0.05, 0) is 5.87 Å². The number of rotatable bonds is 1. The van der Waals surface area contributed by atoms with Gasteiger partial charge in [0.25, 0.3) is 0 Å². The minimum Gasteiger partial charge on any atom is -0.329 e. The van der Waals surface area contributed by atoms with E-state index < -0.39 is 21.4 Å². The Bertz CT molecular complexity index is 594. The van der Waals surface area contributed by atoms with Gasteiger partial charge in [0.15, 0.2) is 11.6 Å². The Morgan fingerprint density at radius 2 is 2.00 bits per heavy atom. The molecule has 0 saturated heterocycles. The summed E-state index contributed by atoms with van der Waals surface area (Å²) in [7, 11) is -3.50. The Morgan fingerprint density at radius 3 is 2.60 bits per heavy atom. The average Bonchev–Trinajstić information content (AvgIpc) is 2.47. The summed E-state index contributed by atoms with van der Waals surface area (Å²) in [6, 6.07) is 1.71. The lowest BCUT2D eigenvalue weighted by Crippen LogP contribution is -1.99. The van der Waals surface area contributed by atoms with Crippen LogP contribution >= 0.6 is 0 Å². The number of nitrogens with zero attached hydrogens (tertiary/aromatic N) is 1. The van der Waals surface area contributed by atoms with Gasteiger partial charge in [-0.15, -0.1) is 0 Å². The van der Waals surface area contributed by atoms with Crippen molar-refractivity contribution < 1.29 is 17.5 Å². The van der Waals surface area contributed by atoms with Crippen molar-refractivity contribution in [2.24, 2.45) is 0 Å². The Balaban J connectivity index is 2.77. The van der Waals surface area contributed by atoms with Crippen molar-refractivity contribution in [3.8, 4) is 0 Å². The molecule has 7 heteroatoms. The molecule has 0 fully saturated rings. The third-order valence-corrected chi connectivity index (χ3v) is 2.60. The third-order valence-electron chi connectivity index (χ3n) is 1.80. The van der Waals surface area contributed by atoms with Crippen molar-refractivity contribution >= 4 is 26.7 Å². The highest BCUT2D eigenvalue weighted by Gasteiger charge is 2.12. The molecule has 0 saturated carbocycles. The topological polar surface area (TPSA) is 66.0 Å². The molecule has 0 aliphatic carbocycles. The fourth-order valence-electron chi connectivity index (χ4n) is 1.13. The second-order valence-electron chi connectivity index (χ2n) is 2.97. The molecule has 1 aromatic heterocycles. The second-order valence-corrected chi connectivity index (χ2v) is 4.63. The number of aromatic amines is 1. The van der Waals surface area contributed by atoms with E-state index in [1.807, 2.05) is 0 Å². The first-order valence-corrected chi connectivity index (χ1v) is 5.51. The highest BCUT2D eigenvalue weighted by molar-refractivity contribution is 7.94. The van der Waals surface area contributed by atoms with E-state index in [4.69, 9.17) is 4.55 Å². The number of H-pyrrole nitrogens is 1. The first kappa shape index (κ1) is 10.1. The van der Waals surface area contributed by atoms with E-state index in [1.54, 1.807) is 0 Å². The lowest BCUT2D eigenvalue weighted by molar-refractivity contribution is 0.510. The molecule has 0 aliphatic rings. The lowest BCUT2D eigenvalue weighted by atomic mass is 10.3. The second kappa shape index (κ2) is 3.01. The van der Waals surface area contributed by atoms with Gasteiger partial charge in [0.1, 0.15) is 9.80 Å². The predicted octanol–water partition coefficient (Wildman–Crippen LogP) is 1.39. The number of hydrogen-bond donors (Lipinski definition) is 2. The molecule has 1 aromatic carbocycles. The summed E-state index contributed by atoms with van der Waals surface area (Å²) in [4.78, 5) is 6.03. The molecular weight excluding hydrogens is 226 g/mol. The molecule has 1 atom stereocenters. The van der Waals surface area contributed by atoms with Crippen molar-refractivity contribution in [1.82, 2.24) is 9.97 Å². The Morgan fingerprint density at radius 1 is 1.40 bits per heavy atom. The fraction of sp³-hybridized carbons (Fsp3) is 0.